The molecule has 3 N–H and O–H groups in total. The second-order valence-corrected chi connectivity index (χ2v) is 4.21. The van der Waals surface area contributed by atoms with Crippen LogP contribution in [0.1, 0.15) is 17.0 Å². The number of allylic oxidation sites excluding steroid dienone is 3. The zero-order valence-electron chi connectivity index (χ0n) is 10.9. The summed E-state index contributed by atoms with van der Waals surface area (Å²) in [5.74, 6) is 4.82. The van der Waals surface area contributed by atoms with Crippen LogP contribution in [0.25, 0.3) is 5.57 Å². The summed E-state index contributed by atoms with van der Waals surface area (Å²) < 4.78 is 12.8. The van der Waals surface area contributed by atoms with Crippen molar-refractivity contribution in [3.05, 3.63) is 71.8 Å². The molecule has 0 bridgehead atoms. The molecular formula is C15H15FN4. The minimum Gasteiger partial charge on any atom is -0.323 e. The van der Waals surface area contributed by atoms with E-state index in [0.29, 0.717) is 6.42 Å². The number of aromatic nitrogens is 2. The lowest BCUT2D eigenvalue weighted by molar-refractivity contribution is 0.627. The van der Waals surface area contributed by atoms with E-state index in [4.69, 9.17) is 5.84 Å². The summed E-state index contributed by atoms with van der Waals surface area (Å²) in [6, 6.07) is 8.31. The van der Waals surface area contributed by atoms with Crippen LogP contribution in [0.3, 0.4) is 0 Å². The van der Waals surface area contributed by atoms with Crippen molar-refractivity contribution < 1.29 is 4.39 Å². The molecule has 1 aromatic carbocycles. The highest BCUT2D eigenvalue weighted by molar-refractivity contribution is 5.87. The first-order chi connectivity index (χ1) is 9.72. The summed E-state index contributed by atoms with van der Waals surface area (Å²) in [7, 11) is 0. The van der Waals surface area contributed by atoms with E-state index in [0.717, 1.165) is 22.5 Å². The number of hydrogen-bond donors (Lipinski definition) is 2. The van der Waals surface area contributed by atoms with Crippen LogP contribution in [0, 0.1) is 5.82 Å². The Morgan fingerprint density at radius 2 is 2.15 bits per heavy atom. The zero-order chi connectivity index (χ0) is 14.4. The lowest BCUT2D eigenvalue weighted by atomic mass is 10.1. The Bertz CT molecular complexity index is 638. The third kappa shape index (κ3) is 3.41. The van der Waals surface area contributed by atoms with Gasteiger partial charge in [-0.15, -0.1) is 0 Å². The lowest BCUT2D eigenvalue weighted by Gasteiger charge is -1.97. The average Bonchev–Trinajstić information content (AvgIpc) is 2.91. The van der Waals surface area contributed by atoms with Gasteiger partial charge in [0.2, 0.25) is 0 Å². The number of nitrogens with zero attached hydrogens (tertiary/aromatic N) is 2. The molecule has 5 heteroatoms. The number of nitrogens with one attached hydrogen (secondary N) is 1. The Balaban J connectivity index is 2.16. The maximum atomic E-state index is 12.8. The Hall–Kier alpha value is -2.69. The van der Waals surface area contributed by atoms with Gasteiger partial charge in [-0.05, 0) is 29.8 Å². The first-order valence-electron chi connectivity index (χ1n) is 6.08. The molecule has 0 aliphatic rings. The molecule has 0 fully saturated rings. The van der Waals surface area contributed by atoms with Crippen LogP contribution in [0.2, 0.25) is 0 Å². The van der Waals surface area contributed by atoms with E-state index in [2.05, 4.69) is 21.9 Å². The van der Waals surface area contributed by atoms with E-state index < -0.39 is 0 Å². The maximum absolute atomic E-state index is 12.8. The highest BCUT2D eigenvalue weighted by Crippen LogP contribution is 2.15. The SMILES string of the molecule is C=C/C(=C\C=N/N)c1cc(Cc2ccc(F)cc2)[nH]n1. The van der Waals surface area contributed by atoms with Gasteiger partial charge in [-0.1, -0.05) is 24.8 Å². The standard InChI is InChI=1S/C15H15FN4/c1-2-12(7-8-18-17)15-10-14(19-20-15)9-11-3-5-13(16)6-4-11/h2-8,10H,1,9,17H2,(H,19,20)/b12-7+,18-8-. The predicted octanol–water partition coefficient (Wildman–Crippen LogP) is 2.65. The number of hydrazone groups is 1. The molecular weight excluding hydrogens is 255 g/mol. The molecule has 0 aliphatic heterocycles. The summed E-state index contributed by atoms with van der Waals surface area (Å²) in [6.45, 7) is 3.73. The summed E-state index contributed by atoms with van der Waals surface area (Å²) in [5.41, 5.74) is 3.52. The van der Waals surface area contributed by atoms with Crippen LogP contribution in [0.4, 0.5) is 4.39 Å². The Morgan fingerprint density at radius 1 is 1.40 bits per heavy atom. The van der Waals surface area contributed by atoms with Crippen molar-refractivity contribution in [3.63, 3.8) is 0 Å². The molecule has 0 radical (unpaired) electrons. The second-order valence-electron chi connectivity index (χ2n) is 4.21. The Kier molecular flexibility index (Phi) is 4.44. The fourth-order valence-electron chi connectivity index (χ4n) is 1.80. The van der Waals surface area contributed by atoms with Gasteiger partial charge < -0.3 is 5.84 Å². The van der Waals surface area contributed by atoms with Crippen LogP contribution >= 0.6 is 0 Å². The van der Waals surface area contributed by atoms with Crippen LogP contribution in [-0.4, -0.2) is 16.4 Å². The predicted molar refractivity (Wildman–Crippen MR) is 78.6 cm³/mol. The van der Waals surface area contributed by atoms with Crippen molar-refractivity contribution >= 4 is 11.8 Å². The fraction of sp³-hybridized carbons (Fsp3) is 0.0667. The van der Waals surface area contributed by atoms with Gasteiger partial charge in [-0.2, -0.15) is 10.2 Å². The van der Waals surface area contributed by atoms with Crippen molar-refractivity contribution in [1.29, 1.82) is 0 Å². The van der Waals surface area contributed by atoms with Gasteiger partial charge in [0.05, 0.1) is 5.69 Å². The first-order valence-corrected chi connectivity index (χ1v) is 6.08. The minimum absolute atomic E-state index is 0.239. The van der Waals surface area contributed by atoms with Crippen molar-refractivity contribution in [2.75, 3.05) is 0 Å². The molecule has 0 saturated carbocycles. The number of aromatic amines is 1. The molecule has 2 rings (SSSR count). The van der Waals surface area contributed by atoms with Gasteiger partial charge in [0.1, 0.15) is 5.82 Å². The van der Waals surface area contributed by atoms with Crippen molar-refractivity contribution in [1.82, 2.24) is 10.2 Å². The quantitative estimate of drug-likeness (QED) is 0.379. The molecule has 0 atom stereocenters. The molecule has 0 spiro atoms. The number of nitrogens with two attached hydrogens (primary N) is 1. The molecule has 1 heterocycles. The van der Waals surface area contributed by atoms with Crippen LogP contribution in [-0.2, 0) is 6.42 Å². The number of rotatable bonds is 5. The third-order valence-electron chi connectivity index (χ3n) is 2.79. The summed E-state index contributed by atoms with van der Waals surface area (Å²) in [5, 5.41) is 10.6. The summed E-state index contributed by atoms with van der Waals surface area (Å²) >= 11 is 0. The largest absolute Gasteiger partial charge is 0.323 e. The first kappa shape index (κ1) is 13.7. The molecule has 0 saturated heterocycles. The number of benzene rings is 1. The van der Waals surface area contributed by atoms with Crippen LogP contribution < -0.4 is 5.84 Å². The average molecular weight is 270 g/mol. The topological polar surface area (TPSA) is 67.1 Å². The van der Waals surface area contributed by atoms with Gasteiger partial charge in [0.15, 0.2) is 0 Å². The fourth-order valence-corrected chi connectivity index (χ4v) is 1.80. The second kappa shape index (κ2) is 6.47. The molecule has 0 unspecified atom stereocenters. The van der Waals surface area contributed by atoms with Crippen molar-refractivity contribution in [2.45, 2.75) is 6.42 Å². The van der Waals surface area contributed by atoms with Crippen LogP contribution in [0.5, 0.6) is 0 Å². The molecule has 20 heavy (non-hydrogen) atoms. The highest BCUT2D eigenvalue weighted by Gasteiger charge is 2.05. The van der Waals surface area contributed by atoms with E-state index in [1.165, 1.54) is 18.3 Å². The minimum atomic E-state index is -0.239. The molecule has 1 aromatic heterocycles. The van der Waals surface area contributed by atoms with Gasteiger partial charge in [-0.25, -0.2) is 4.39 Å². The maximum Gasteiger partial charge on any atom is 0.123 e. The lowest BCUT2D eigenvalue weighted by Crippen LogP contribution is -1.88. The van der Waals surface area contributed by atoms with Crippen molar-refractivity contribution in [3.8, 4) is 0 Å². The molecule has 4 nitrogen and oxygen atoms in total. The van der Waals surface area contributed by atoms with Gasteiger partial charge in [0, 0.05) is 23.9 Å². The van der Waals surface area contributed by atoms with E-state index in [-0.39, 0.29) is 5.82 Å². The normalized spacial score (nSPS) is 11.9. The molecule has 0 amide bonds. The van der Waals surface area contributed by atoms with Gasteiger partial charge in [0.25, 0.3) is 0 Å². The Morgan fingerprint density at radius 3 is 2.80 bits per heavy atom. The van der Waals surface area contributed by atoms with E-state index in [1.54, 1.807) is 24.3 Å². The van der Waals surface area contributed by atoms with E-state index in [1.807, 2.05) is 6.07 Å². The number of H-pyrrole nitrogens is 1. The van der Waals surface area contributed by atoms with Gasteiger partial charge in [-0.3, -0.25) is 5.10 Å². The Labute approximate surface area is 116 Å². The molecule has 2 aromatic rings. The number of hydrogen-bond acceptors (Lipinski definition) is 3. The van der Waals surface area contributed by atoms with Gasteiger partial charge >= 0.3 is 0 Å². The zero-order valence-corrected chi connectivity index (χ0v) is 10.9. The summed E-state index contributed by atoms with van der Waals surface area (Å²) in [6.07, 6.45) is 5.54. The van der Waals surface area contributed by atoms with E-state index >= 15 is 0 Å². The summed E-state index contributed by atoms with van der Waals surface area (Å²) in [4.78, 5) is 0. The molecule has 0 aliphatic carbocycles. The highest BCUT2D eigenvalue weighted by atomic mass is 19.1. The number of halogens is 1. The smallest absolute Gasteiger partial charge is 0.123 e. The van der Waals surface area contributed by atoms with Crippen LogP contribution in [0.15, 0.2) is 54.2 Å². The van der Waals surface area contributed by atoms with Crippen molar-refractivity contribution in [2.24, 2.45) is 10.9 Å². The third-order valence-corrected chi connectivity index (χ3v) is 2.79. The molecule has 102 valence electrons. The van der Waals surface area contributed by atoms with E-state index in [9.17, 15) is 4.39 Å². The monoisotopic (exact) mass is 270 g/mol.